The third-order valence-electron chi connectivity index (χ3n) is 4.23. The number of carbonyl (C=O) groups excluding carboxylic acids is 1. The van der Waals surface area contributed by atoms with Crippen molar-refractivity contribution in [3.8, 4) is 0 Å². The van der Waals surface area contributed by atoms with Crippen LogP contribution >= 0.6 is 0 Å². The molecule has 0 bridgehead atoms. The minimum Gasteiger partial charge on any atom is -0.478 e. The molecule has 0 amide bonds. The first-order valence-electron chi connectivity index (χ1n) is 10.3. The lowest BCUT2D eigenvalue weighted by Gasteiger charge is -2.09. The van der Waals surface area contributed by atoms with E-state index in [2.05, 4.69) is 17.4 Å². The zero-order chi connectivity index (χ0) is 22.9. The molecule has 0 aliphatic carbocycles. The molecule has 0 saturated carbocycles. The normalized spacial score (nSPS) is 11.2. The van der Waals surface area contributed by atoms with Crippen molar-refractivity contribution >= 4 is 11.9 Å². The van der Waals surface area contributed by atoms with E-state index in [1.807, 2.05) is 48.5 Å². The van der Waals surface area contributed by atoms with E-state index in [0.717, 1.165) is 25.5 Å². The Hall–Kier alpha value is -3.38. The Bertz CT molecular complexity index is 846. The summed E-state index contributed by atoms with van der Waals surface area (Å²) in [5.41, 5.74) is 8.39. The molecule has 0 aromatic heterocycles. The molecule has 4 N–H and O–H groups in total. The zero-order valence-corrected chi connectivity index (χ0v) is 18.2. The summed E-state index contributed by atoms with van der Waals surface area (Å²) in [6.07, 6.45) is 4.15. The van der Waals surface area contributed by atoms with E-state index in [-0.39, 0.29) is 12.2 Å². The fourth-order valence-corrected chi connectivity index (χ4v) is 2.64. The molecular formula is C25H32N2O4. The van der Waals surface area contributed by atoms with E-state index in [1.54, 1.807) is 13.8 Å². The second-order valence-corrected chi connectivity index (χ2v) is 6.62. The topological polar surface area (TPSA) is 102 Å². The van der Waals surface area contributed by atoms with Gasteiger partial charge in [-0.2, -0.15) is 0 Å². The van der Waals surface area contributed by atoms with Gasteiger partial charge in [0.1, 0.15) is 0 Å². The van der Waals surface area contributed by atoms with Crippen LogP contribution in [0.4, 0.5) is 0 Å². The minimum atomic E-state index is -1.09. The zero-order valence-electron chi connectivity index (χ0n) is 18.2. The highest BCUT2D eigenvalue weighted by Crippen LogP contribution is 2.05. The number of ether oxygens (including phenoxy) is 1. The lowest BCUT2D eigenvalue weighted by molar-refractivity contribution is -0.137. The highest BCUT2D eigenvalue weighted by Gasteiger charge is 2.09. The highest BCUT2D eigenvalue weighted by molar-refractivity contribution is 5.93. The highest BCUT2D eigenvalue weighted by atomic mass is 16.5. The number of carbonyl (C=O) groups is 2. The SMILES string of the molecule is CCOC(=O)C=CC(C(=O)O)=C(C)NCCc1ccccc1.NCCc1ccccc1. The van der Waals surface area contributed by atoms with Crippen LogP contribution < -0.4 is 11.1 Å². The van der Waals surface area contributed by atoms with Gasteiger partial charge in [0, 0.05) is 18.3 Å². The average Bonchev–Trinajstić information content (AvgIpc) is 2.76. The summed E-state index contributed by atoms with van der Waals surface area (Å²) in [6.45, 7) is 4.97. The fraction of sp³-hybridized carbons (Fsp3) is 0.280. The Morgan fingerprint density at radius 2 is 1.52 bits per heavy atom. The first-order chi connectivity index (χ1) is 15.0. The number of carboxylic acids is 1. The molecule has 0 aliphatic rings. The molecule has 0 fully saturated rings. The number of nitrogens with one attached hydrogen (secondary N) is 1. The first-order valence-corrected chi connectivity index (χ1v) is 10.3. The van der Waals surface area contributed by atoms with Crippen molar-refractivity contribution in [2.24, 2.45) is 5.73 Å². The summed E-state index contributed by atoms with van der Waals surface area (Å²) >= 11 is 0. The average molecular weight is 425 g/mol. The maximum absolute atomic E-state index is 11.2. The van der Waals surface area contributed by atoms with Crippen molar-refractivity contribution < 1.29 is 19.4 Å². The molecule has 0 atom stereocenters. The van der Waals surface area contributed by atoms with E-state index >= 15 is 0 Å². The summed E-state index contributed by atoms with van der Waals surface area (Å²) in [6, 6.07) is 20.2. The summed E-state index contributed by atoms with van der Waals surface area (Å²) < 4.78 is 4.73. The quantitative estimate of drug-likeness (QED) is 0.307. The Kier molecular flexibility index (Phi) is 12.8. The van der Waals surface area contributed by atoms with Gasteiger partial charge in [0.05, 0.1) is 12.2 Å². The lowest BCUT2D eigenvalue weighted by Crippen LogP contribution is -2.18. The number of benzene rings is 2. The van der Waals surface area contributed by atoms with Crippen LogP contribution in [0.1, 0.15) is 25.0 Å². The van der Waals surface area contributed by atoms with E-state index in [0.29, 0.717) is 12.2 Å². The molecule has 6 nitrogen and oxygen atoms in total. The molecule has 166 valence electrons. The summed E-state index contributed by atoms with van der Waals surface area (Å²) in [5, 5.41) is 12.3. The van der Waals surface area contributed by atoms with Crippen LogP contribution in [0.2, 0.25) is 0 Å². The molecule has 0 unspecified atom stereocenters. The standard InChI is InChI=1S/C17H21NO4.C8H11N/c1-3-22-16(19)10-9-15(17(20)21)13(2)18-12-11-14-7-5-4-6-8-14;9-7-6-8-4-2-1-3-5-8/h4-10,18H,3,11-12H2,1-2H3,(H,20,21);1-5H,6-7,9H2. The van der Waals surface area contributed by atoms with Gasteiger partial charge in [-0.25, -0.2) is 9.59 Å². The van der Waals surface area contributed by atoms with E-state index in [9.17, 15) is 14.7 Å². The minimum absolute atomic E-state index is 0.0427. The molecule has 2 aromatic rings. The van der Waals surface area contributed by atoms with Crippen LogP contribution in [0.15, 0.2) is 84.1 Å². The lowest BCUT2D eigenvalue weighted by atomic mass is 10.1. The third kappa shape index (κ3) is 11.4. The Labute approximate surface area is 184 Å². The van der Waals surface area contributed by atoms with Gasteiger partial charge in [-0.05, 0) is 50.4 Å². The molecule has 31 heavy (non-hydrogen) atoms. The third-order valence-corrected chi connectivity index (χ3v) is 4.23. The summed E-state index contributed by atoms with van der Waals surface area (Å²) in [7, 11) is 0. The molecule has 6 heteroatoms. The van der Waals surface area contributed by atoms with Gasteiger partial charge in [0.25, 0.3) is 0 Å². The Balaban J connectivity index is 0.000000442. The van der Waals surface area contributed by atoms with Crippen molar-refractivity contribution in [3.05, 3.63) is 95.2 Å². The number of aliphatic carboxylic acids is 1. The van der Waals surface area contributed by atoms with Gasteiger partial charge < -0.3 is 20.9 Å². The van der Waals surface area contributed by atoms with Crippen LogP contribution in [0.25, 0.3) is 0 Å². The first kappa shape index (κ1) is 25.7. The van der Waals surface area contributed by atoms with Gasteiger partial charge in [-0.1, -0.05) is 60.7 Å². The second-order valence-electron chi connectivity index (χ2n) is 6.62. The van der Waals surface area contributed by atoms with Crippen molar-refractivity contribution in [2.45, 2.75) is 26.7 Å². The number of nitrogens with two attached hydrogens (primary N) is 1. The number of allylic oxidation sites excluding steroid dienone is 1. The van der Waals surface area contributed by atoms with Gasteiger partial charge in [0.2, 0.25) is 0 Å². The van der Waals surface area contributed by atoms with Gasteiger partial charge in [0.15, 0.2) is 0 Å². The van der Waals surface area contributed by atoms with Gasteiger partial charge in [-0.15, -0.1) is 0 Å². The van der Waals surface area contributed by atoms with Crippen LogP contribution in [-0.4, -0.2) is 36.7 Å². The van der Waals surface area contributed by atoms with Gasteiger partial charge >= 0.3 is 11.9 Å². The van der Waals surface area contributed by atoms with Crippen LogP contribution in [0.3, 0.4) is 0 Å². The van der Waals surface area contributed by atoms with Crippen molar-refractivity contribution in [1.82, 2.24) is 5.32 Å². The van der Waals surface area contributed by atoms with Crippen molar-refractivity contribution in [1.29, 1.82) is 0 Å². The molecule has 0 radical (unpaired) electrons. The maximum Gasteiger partial charge on any atom is 0.337 e. The predicted molar refractivity (Wildman–Crippen MR) is 123 cm³/mol. The summed E-state index contributed by atoms with van der Waals surface area (Å²) in [5.74, 6) is -1.65. The molecule has 2 aromatic carbocycles. The predicted octanol–water partition coefficient (Wildman–Crippen LogP) is 3.48. The second kappa shape index (κ2) is 15.5. The fourth-order valence-electron chi connectivity index (χ4n) is 2.64. The van der Waals surface area contributed by atoms with Crippen LogP contribution in [-0.2, 0) is 27.2 Å². The Morgan fingerprint density at radius 3 is 2.00 bits per heavy atom. The molecule has 0 aliphatic heterocycles. The van der Waals surface area contributed by atoms with E-state index in [4.69, 9.17) is 10.5 Å². The van der Waals surface area contributed by atoms with Gasteiger partial charge in [-0.3, -0.25) is 0 Å². The molecule has 0 heterocycles. The van der Waals surface area contributed by atoms with Crippen molar-refractivity contribution in [2.75, 3.05) is 19.7 Å². The number of hydrogen-bond acceptors (Lipinski definition) is 5. The largest absolute Gasteiger partial charge is 0.478 e. The maximum atomic E-state index is 11.2. The molecule has 0 saturated heterocycles. The Morgan fingerprint density at radius 1 is 0.968 bits per heavy atom. The number of rotatable bonds is 10. The van der Waals surface area contributed by atoms with Crippen LogP contribution in [0.5, 0.6) is 0 Å². The summed E-state index contributed by atoms with van der Waals surface area (Å²) in [4.78, 5) is 22.5. The molecular weight excluding hydrogens is 392 g/mol. The van der Waals surface area contributed by atoms with Crippen molar-refractivity contribution in [3.63, 3.8) is 0 Å². The molecule has 2 rings (SSSR count). The number of esters is 1. The smallest absolute Gasteiger partial charge is 0.337 e. The monoisotopic (exact) mass is 424 g/mol. The van der Waals surface area contributed by atoms with Crippen LogP contribution in [0, 0.1) is 0 Å². The number of hydrogen-bond donors (Lipinski definition) is 3. The van der Waals surface area contributed by atoms with E-state index < -0.39 is 11.9 Å². The van der Waals surface area contributed by atoms with E-state index in [1.165, 1.54) is 17.2 Å². The number of carboxylic acid groups (broad SMARTS) is 1. The molecule has 0 spiro atoms.